The van der Waals surface area contributed by atoms with Crippen LogP contribution < -0.4 is 23.8 Å². The number of ether oxygens (including phenoxy) is 3. The van der Waals surface area contributed by atoms with E-state index in [4.69, 9.17) is 14.2 Å². The summed E-state index contributed by atoms with van der Waals surface area (Å²) in [4.78, 5) is 12.9. The molecule has 0 unspecified atom stereocenters. The fourth-order valence-electron chi connectivity index (χ4n) is 3.50. The number of para-hydroxylation sites is 2. The number of nitrogens with one attached hydrogen (secondary N) is 1. The Morgan fingerprint density at radius 2 is 1.79 bits per heavy atom. The van der Waals surface area contributed by atoms with Gasteiger partial charge in [-0.15, -0.1) is 0 Å². The summed E-state index contributed by atoms with van der Waals surface area (Å²) < 4.78 is 44.8. The molecule has 1 amide bonds. The van der Waals surface area contributed by atoms with E-state index in [1.165, 1.54) is 19.2 Å². The van der Waals surface area contributed by atoms with Crippen molar-refractivity contribution in [3.8, 4) is 17.2 Å². The monoisotopic (exact) mass is 482 g/mol. The van der Waals surface area contributed by atoms with Gasteiger partial charge in [-0.25, -0.2) is 8.42 Å². The highest BCUT2D eigenvalue weighted by Crippen LogP contribution is 2.31. The normalized spacial score (nSPS) is 14.8. The molecule has 0 bridgehead atoms. The number of aryl methyl sites for hydroxylation is 1. The molecule has 0 radical (unpaired) electrons. The molecule has 0 aliphatic carbocycles. The third kappa shape index (κ3) is 5.26. The van der Waals surface area contributed by atoms with E-state index >= 15 is 0 Å². The summed E-state index contributed by atoms with van der Waals surface area (Å²) >= 11 is 0. The van der Waals surface area contributed by atoms with Crippen molar-refractivity contribution in [1.29, 1.82) is 0 Å². The highest BCUT2D eigenvalue weighted by Gasteiger charge is 2.28. The number of rotatable bonds is 8. The predicted octanol–water partition coefficient (Wildman–Crippen LogP) is 3.16. The van der Waals surface area contributed by atoms with Crippen LogP contribution in [0, 0.1) is 6.92 Å². The van der Waals surface area contributed by atoms with Gasteiger partial charge in [-0.05, 0) is 43.3 Å². The molecule has 0 spiro atoms. The second-order valence-corrected chi connectivity index (χ2v) is 9.69. The van der Waals surface area contributed by atoms with Crippen molar-refractivity contribution in [2.24, 2.45) is 0 Å². The van der Waals surface area contributed by atoms with Crippen LogP contribution in [-0.4, -0.2) is 47.2 Å². The predicted molar refractivity (Wildman–Crippen MR) is 128 cm³/mol. The Bertz CT molecular complexity index is 1260. The van der Waals surface area contributed by atoms with Gasteiger partial charge >= 0.3 is 0 Å². The number of benzene rings is 3. The lowest BCUT2D eigenvalue weighted by molar-refractivity contribution is -0.120. The summed E-state index contributed by atoms with van der Waals surface area (Å²) in [5.74, 6) is 1.26. The molecule has 4 rings (SSSR count). The number of hydrogen-bond donors (Lipinski definition) is 1. The standard InChI is InChI=1S/C25H26N2O6S/c1-18-10-12-22(13-11-18)34(29,30)27(19-6-5-7-20(14-19)31-2)16-25(28)26-15-21-17-32-23-8-3-4-9-24(23)33-21/h3-14,21H,15-17H2,1-2H3,(H,26,28)/t21-/m0/s1. The van der Waals surface area contributed by atoms with Gasteiger partial charge < -0.3 is 19.5 Å². The van der Waals surface area contributed by atoms with E-state index in [0.29, 0.717) is 22.9 Å². The number of amides is 1. The fourth-order valence-corrected chi connectivity index (χ4v) is 4.91. The Kier molecular flexibility index (Phi) is 6.93. The minimum Gasteiger partial charge on any atom is -0.497 e. The smallest absolute Gasteiger partial charge is 0.264 e. The Balaban J connectivity index is 1.51. The van der Waals surface area contributed by atoms with Crippen molar-refractivity contribution < 1.29 is 27.4 Å². The van der Waals surface area contributed by atoms with Gasteiger partial charge in [0.15, 0.2) is 11.5 Å². The lowest BCUT2D eigenvalue weighted by Crippen LogP contribution is -2.45. The zero-order chi connectivity index (χ0) is 24.1. The average Bonchev–Trinajstić information content (AvgIpc) is 2.86. The van der Waals surface area contributed by atoms with E-state index in [9.17, 15) is 13.2 Å². The Labute approximate surface area is 199 Å². The van der Waals surface area contributed by atoms with Gasteiger partial charge in [-0.2, -0.15) is 0 Å². The van der Waals surface area contributed by atoms with Crippen LogP contribution in [-0.2, 0) is 14.8 Å². The molecule has 1 N–H and O–H groups in total. The summed E-state index contributed by atoms with van der Waals surface area (Å²) in [7, 11) is -2.52. The molecule has 0 aromatic heterocycles. The van der Waals surface area contributed by atoms with Crippen molar-refractivity contribution in [1.82, 2.24) is 5.32 Å². The van der Waals surface area contributed by atoms with Crippen molar-refractivity contribution in [3.05, 3.63) is 78.4 Å². The highest BCUT2D eigenvalue weighted by molar-refractivity contribution is 7.92. The second kappa shape index (κ2) is 10.0. The highest BCUT2D eigenvalue weighted by atomic mass is 32.2. The molecule has 1 aliphatic rings. The van der Waals surface area contributed by atoms with Crippen LogP contribution in [0.25, 0.3) is 0 Å². The van der Waals surface area contributed by atoms with Crippen LogP contribution in [0.3, 0.4) is 0 Å². The minimum atomic E-state index is -4.01. The summed E-state index contributed by atoms with van der Waals surface area (Å²) in [6.07, 6.45) is -0.391. The van der Waals surface area contributed by atoms with Gasteiger partial charge in [0.2, 0.25) is 5.91 Å². The molecule has 1 aliphatic heterocycles. The van der Waals surface area contributed by atoms with E-state index in [0.717, 1.165) is 9.87 Å². The topological polar surface area (TPSA) is 94.2 Å². The van der Waals surface area contributed by atoms with E-state index in [-0.39, 0.29) is 18.0 Å². The molecule has 8 nitrogen and oxygen atoms in total. The molecule has 9 heteroatoms. The molecule has 3 aromatic carbocycles. The Morgan fingerprint density at radius 1 is 1.06 bits per heavy atom. The van der Waals surface area contributed by atoms with Crippen LogP contribution in [0.1, 0.15) is 5.56 Å². The Morgan fingerprint density at radius 3 is 2.53 bits per heavy atom. The molecule has 1 heterocycles. The molecule has 0 fully saturated rings. The SMILES string of the molecule is COc1cccc(N(CC(=O)NC[C@H]2COc3ccccc3O2)S(=O)(=O)c2ccc(C)cc2)c1. The summed E-state index contributed by atoms with van der Waals surface area (Å²) in [6.45, 7) is 1.91. The van der Waals surface area contributed by atoms with Crippen LogP contribution in [0.5, 0.6) is 17.2 Å². The number of hydrogen-bond acceptors (Lipinski definition) is 6. The summed E-state index contributed by atoms with van der Waals surface area (Å²) in [6, 6.07) is 20.4. The molecular weight excluding hydrogens is 456 g/mol. The maximum atomic E-state index is 13.5. The number of carbonyl (C=O) groups is 1. The number of fused-ring (bicyclic) bond motifs is 1. The molecule has 3 aromatic rings. The van der Waals surface area contributed by atoms with Crippen molar-refractivity contribution in [2.45, 2.75) is 17.9 Å². The van der Waals surface area contributed by atoms with Gasteiger partial charge in [0.05, 0.1) is 24.2 Å². The van der Waals surface area contributed by atoms with Gasteiger partial charge in [0.25, 0.3) is 10.0 Å². The maximum absolute atomic E-state index is 13.5. The Hall–Kier alpha value is -3.72. The quantitative estimate of drug-likeness (QED) is 0.530. The van der Waals surface area contributed by atoms with Crippen LogP contribution in [0.15, 0.2) is 77.7 Å². The van der Waals surface area contributed by atoms with Gasteiger partial charge in [-0.3, -0.25) is 9.10 Å². The number of sulfonamides is 1. The van der Waals surface area contributed by atoms with Crippen LogP contribution >= 0.6 is 0 Å². The van der Waals surface area contributed by atoms with Crippen molar-refractivity contribution in [2.75, 3.05) is 31.1 Å². The zero-order valence-electron chi connectivity index (χ0n) is 18.9. The van der Waals surface area contributed by atoms with Crippen molar-refractivity contribution >= 4 is 21.6 Å². The summed E-state index contributed by atoms with van der Waals surface area (Å²) in [5.41, 5.74) is 1.25. The number of nitrogens with zero attached hydrogens (tertiary/aromatic N) is 1. The van der Waals surface area contributed by atoms with E-state index in [1.807, 2.05) is 25.1 Å². The number of methoxy groups -OCH3 is 1. The first-order valence-electron chi connectivity index (χ1n) is 10.8. The molecule has 178 valence electrons. The van der Waals surface area contributed by atoms with Crippen molar-refractivity contribution in [3.63, 3.8) is 0 Å². The lowest BCUT2D eigenvalue weighted by atomic mass is 10.2. The zero-order valence-corrected chi connectivity index (χ0v) is 19.7. The van der Waals surface area contributed by atoms with Crippen LogP contribution in [0.2, 0.25) is 0 Å². The van der Waals surface area contributed by atoms with Gasteiger partial charge in [-0.1, -0.05) is 35.9 Å². The first-order valence-corrected chi connectivity index (χ1v) is 12.2. The molecule has 0 saturated carbocycles. The minimum absolute atomic E-state index is 0.0920. The fraction of sp³-hybridized carbons (Fsp3) is 0.240. The molecular formula is C25H26N2O6S. The number of carbonyl (C=O) groups excluding carboxylic acids is 1. The first kappa shape index (κ1) is 23.4. The van der Waals surface area contributed by atoms with E-state index in [1.54, 1.807) is 42.5 Å². The lowest BCUT2D eigenvalue weighted by Gasteiger charge is -2.27. The second-order valence-electron chi connectivity index (χ2n) is 7.83. The molecule has 1 atom stereocenters. The number of anilines is 1. The largest absolute Gasteiger partial charge is 0.497 e. The van der Waals surface area contributed by atoms with Gasteiger partial charge in [0, 0.05) is 6.07 Å². The third-order valence-corrected chi connectivity index (χ3v) is 7.12. The molecule has 0 saturated heterocycles. The van der Waals surface area contributed by atoms with E-state index in [2.05, 4.69) is 5.32 Å². The van der Waals surface area contributed by atoms with Gasteiger partial charge in [0.1, 0.15) is 25.0 Å². The first-order chi connectivity index (χ1) is 16.4. The third-order valence-electron chi connectivity index (χ3n) is 5.33. The molecule has 34 heavy (non-hydrogen) atoms. The summed E-state index contributed by atoms with van der Waals surface area (Å²) in [5, 5.41) is 2.76. The maximum Gasteiger partial charge on any atom is 0.264 e. The van der Waals surface area contributed by atoms with Crippen LogP contribution in [0.4, 0.5) is 5.69 Å². The average molecular weight is 483 g/mol. The van der Waals surface area contributed by atoms with E-state index < -0.39 is 28.6 Å².